The van der Waals surface area contributed by atoms with Crippen LogP contribution in [0.4, 0.5) is 18.9 Å². The van der Waals surface area contributed by atoms with Crippen molar-refractivity contribution in [3.8, 4) is 6.07 Å². The molecule has 22 heavy (non-hydrogen) atoms. The monoisotopic (exact) mass is 311 g/mol. The number of likely N-dealkylation sites (N-methyl/N-ethyl adjacent to an activating group) is 1. The van der Waals surface area contributed by atoms with Gasteiger partial charge in [-0.1, -0.05) is 0 Å². The van der Waals surface area contributed by atoms with E-state index in [0.717, 1.165) is 12.6 Å². The Hall–Kier alpha value is -1.78. The molecule has 1 aromatic carbocycles. The number of nitriles is 1. The van der Waals surface area contributed by atoms with E-state index in [1.807, 2.05) is 11.9 Å². The van der Waals surface area contributed by atoms with E-state index >= 15 is 0 Å². The highest BCUT2D eigenvalue weighted by atomic mass is 19.4. The van der Waals surface area contributed by atoms with Crippen LogP contribution >= 0.6 is 0 Å². The predicted molar refractivity (Wildman–Crippen MR) is 74.5 cm³/mol. The topological polar surface area (TPSA) is 39.5 Å². The van der Waals surface area contributed by atoms with Gasteiger partial charge in [0.25, 0.3) is 0 Å². The summed E-state index contributed by atoms with van der Waals surface area (Å²) in [6, 6.07) is 5.62. The third-order valence-corrected chi connectivity index (χ3v) is 4.37. The van der Waals surface area contributed by atoms with Crippen LogP contribution in [0.3, 0.4) is 0 Å². The van der Waals surface area contributed by atoms with E-state index in [9.17, 15) is 13.2 Å². The highest BCUT2D eigenvalue weighted by Gasteiger charge is 2.39. The minimum Gasteiger partial charge on any atom is -0.373 e. The Bertz CT molecular complexity index is 611. The summed E-state index contributed by atoms with van der Waals surface area (Å²) in [5.41, 5.74) is -0.589. The number of ether oxygens (including phenoxy) is 1. The smallest absolute Gasteiger partial charge is 0.373 e. The third-order valence-electron chi connectivity index (χ3n) is 4.37. The molecule has 0 aliphatic carbocycles. The van der Waals surface area contributed by atoms with Crippen LogP contribution < -0.4 is 4.90 Å². The number of halogens is 3. The number of morpholine rings is 1. The van der Waals surface area contributed by atoms with Crippen LogP contribution in [-0.2, 0) is 10.9 Å². The first-order valence-electron chi connectivity index (χ1n) is 7.08. The summed E-state index contributed by atoms with van der Waals surface area (Å²) in [5.74, 6) is 0. The van der Waals surface area contributed by atoms with Gasteiger partial charge in [-0.15, -0.1) is 0 Å². The van der Waals surface area contributed by atoms with Crippen molar-refractivity contribution in [1.29, 1.82) is 5.26 Å². The summed E-state index contributed by atoms with van der Waals surface area (Å²) in [6.45, 7) is 2.84. The summed E-state index contributed by atoms with van der Waals surface area (Å²) in [6.07, 6.45) is -4.45. The first-order valence-corrected chi connectivity index (χ1v) is 7.08. The van der Waals surface area contributed by atoms with Crippen LogP contribution in [0.15, 0.2) is 18.2 Å². The molecule has 118 valence electrons. The lowest BCUT2D eigenvalue weighted by atomic mass is 10.1. The van der Waals surface area contributed by atoms with Crippen LogP contribution in [-0.4, -0.2) is 50.3 Å². The summed E-state index contributed by atoms with van der Waals surface area (Å²) in [4.78, 5) is 4.20. The summed E-state index contributed by atoms with van der Waals surface area (Å²) >= 11 is 0. The fourth-order valence-corrected chi connectivity index (χ4v) is 3.14. The van der Waals surface area contributed by atoms with Gasteiger partial charge in [-0.3, -0.25) is 4.90 Å². The molecule has 2 heterocycles. The molecule has 4 nitrogen and oxygen atoms in total. The van der Waals surface area contributed by atoms with Gasteiger partial charge < -0.3 is 9.64 Å². The van der Waals surface area contributed by atoms with Gasteiger partial charge in [0.15, 0.2) is 0 Å². The van der Waals surface area contributed by atoms with Gasteiger partial charge in [0.2, 0.25) is 0 Å². The summed E-state index contributed by atoms with van der Waals surface area (Å²) in [7, 11) is 2.02. The maximum absolute atomic E-state index is 12.8. The Kier molecular flexibility index (Phi) is 3.75. The van der Waals surface area contributed by atoms with Crippen molar-refractivity contribution in [1.82, 2.24) is 4.90 Å². The van der Waals surface area contributed by atoms with E-state index in [1.165, 1.54) is 12.1 Å². The normalized spacial score (nSPS) is 25.9. The van der Waals surface area contributed by atoms with E-state index in [1.54, 1.807) is 6.07 Å². The van der Waals surface area contributed by atoms with E-state index in [0.29, 0.717) is 25.4 Å². The predicted octanol–water partition coefficient (Wildman–Crippen LogP) is 2.10. The van der Waals surface area contributed by atoms with Gasteiger partial charge >= 0.3 is 6.18 Å². The molecule has 0 N–H and O–H groups in total. The Labute approximate surface area is 126 Å². The summed E-state index contributed by atoms with van der Waals surface area (Å²) < 4.78 is 44.3. The van der Waals surface area contributed by atoms with Crippen molar-refractivity contribution >= 4 is 5.69 Å². The minimum atomic E-state index is -4.51. The first-order chi connectivity index (χ1) is 10.4. The fraction of sp³-hybridized carbons (Fsp3) is 0.533. The standard InChI is InChI=1S/C15H16F3N3O/c1-20-4-5-22-14-9-21(8-13(14)20)11-2-3-12(15(16,17)18)10(6-11)7-19/h2-3,6,13-14H,4-5,8-9H2,1H3/t13-,14+/m1/s1. The molecule has 2 saturated heterocycles. The molecular formula is C15H16F3N3O. The highest BCUT2D eigenvalue weighted by Crippen LogP contribution is 2.35. The number of rotatable bonds is 1. The average Bonchev–Trinajstić information content (AvgIpc) is 2.91. The molecule has 3 rings (SSSR count). The first kappa shape index (κ1) is 15.1. The molecule has 2 aliphatic rings. The molecule has 0 radical (unpaired) electrons. The van der Waals surface area contributed by atoms with Crippen molar-refractivity contribution in [3.05, 3.63) is 29.3 Å². The quantitative estimate of drug-likeness (QED) is 0.796. The molecule has 1 aromatic rings. The second-order valence-electron chi connectivity index (χ2n) is 5.70. The molecule has 0 amide bonds. The zero-order valence-electron chi connectivity index (χ0n) is 12.1. The van der Waals surface area contributed by atoms with E-state index in [4.69, 9.17) is 10.00 Å². The fourth-order valence-electron chi connectivity index (χ4n) is 3.14. The molecule has 2 fully saturated rings. The molecular weight excluding hydrogens is 295 g/mol. The maximum Gasteiger partial charge on any atom is 0.417 e. The van der Waals surface area contributed by atoms with Gasteiger partial charge in [-0.05, 0) is 25.2 Å². The molecule has 0 saturated carbocycles. The highest BCUT2D eigenvalue weighted by molar-refractivity contribution is 5.56. The molecule has 0 spiro atoms. The van der Waals surface area contributed by atoms with Crippen molar-refractivity contribution < 1.29 is 17.9 Å². The van der Waals surface area contributed by atoms with Crippen LogP contribution in [0.1, 0.15) is 11.1 Å². The Morgan fingerprint density at radius 1 is 1.32 bits per heavy atom. The van der Waals surface area contributed by atoms with Gasteiger partial charge in [0.1, 0.15) is 0 Å². The SMILES string of the molecule is CN1CCO[C@H]2CN(c3ccc(C(F)(F)F)c(C#N)c3)C[C@H]21. The molecule has 0 aromatic heterocycles. The van der Waals surface area contributed by atoms with Crippen molar-refractivity contribution in [2.75, 3.05) is 38.2 Å². The molecule has 7 heteroatoms. The molecule has 0 unspecified atom stereocenters. The van der Waals surface area contributed by atoms with Gasteiger partial charge in [0.05, 0.1) is 35.9 Å². The van der Waals surface area contributed by atoms with Crippen molar-refractivity contribution in [3.63, 3.8) is 0 Å². The second kappa shape index (κ2) is 5.45. The zero-order chi connectivity index (χ0) is 15.9. The zero-order valence-corrected chi connectivity index (χ0v) is 12.1. The number of alkyl halides is 3. The lowest BCUT2D eigenvalue weighted by molar-refractivity contribution is -0.137. The average molecular weight is 311 g/mol. The van der Waals surface area contributed by atoms with Crippen LogP contribution in [0.5, 0.6) is 0 Å². The largest absolute Gasteiger partial charge is 0.417 e. The number of benzene rings is 1. The Morgan fingerprint density at radius 3 is 2.73 bits per heavy atom. The van der Waals surface area contributed by atoms with Gasteiger partial charge in [0, 0.05) is 25.3 Å². The molecule has 0 bridgehead atoms. The third kappa shape index (κ3) is 2.64. The van der Waals surface area contributed by atoms with Gasteiger partial charge in [-0.25, -0.2) is 0 Å². The van der Waals surface area contributed by atoms with Crippen molar-refractivity contribution in [2.45, 2.75) is 18.3 Å². The maximum atomic E-state index is 12.8. The number of nitrogens with zero attached hydrogens (tertiary/aromatic N) is 3. The number of fused-ring (bicyclic) bond motifs is 1. The van der Waals surface area contributed by atoms with Crippen LogP contribution in [0.2, 0.25) is 0 Å². The van der Waals surface area contributed by atoms with E-state index in [-0.39, 0.29) is 17.7 Å². The molecule has 2 aliphatic heterocycles. The lowest BCUT2D eigenvalue weighted by Gasteiger charge is -2.33. The number of hydrogen-bond donors (Lipinski definition) is 0. The van der Waals surface area contributed by atoms with Crippen LogP contribution in [0.25, 0.3) is 0 Å². The summed E-state index contributed by atoms with van der Waals surface area (Å²) in [5, 5.41) is 9.00. The second-order valence-corrected chi connectivity index (χ2v) is 5.70. The van der Waals surface area contributed by atoms with Crippen molar-refractivity contribution in [2.24, 2.45) is 0 Å². The Balaban J connectivity index is 1.86. The van der Waals surface area contributed by atoms with Crippen LogP contribution in [0, 0.1) is 11.3 Å². The number of anilines is 1. The Morgan fingerprint density at radius 2 is 2.09 bits per heavy atom. The number of hydrogen-bond acceptors (Lipinski definition) is 4. The lowest BCUT2D eigenvalue weighted by Crippen LogP contribution is -2.48. The van der Waals surface area contributed by atoms with E-state index in [2.05, 4.69) is 4.90 Å². The van der Waals surface area contributed by atoms with Gasteiger partial charge in [-0.2, -0.15) is 18.4 Å². The minimum absolute atomic E-state index is 0.0616. The molecule has 2 atom stereocenters. The van der Waals surface area contributed by atoms with E-state index < -0.39 is 11.7 Å².